The molecule has 2 N–H and O–H groups in total. The molecular formula is C17H25N3O. The summed E-state index contributed by atoms with van der Waals surface area (Å²) in [5, 5.41) is 10.9. The number of nitrogens with one attached hydrogen (secondary N) is 2. The molecule has 4 heteroatoms. The molecule has 2 aromatic rings. The highest BCUT2D eigenvalue weighted by Gasteiger charge is 2.20. The number of furan rings is 1. The predicted octanol–water partition coefficient (Wildman–Crippen LogP) is 4.04. The highest BCUT2D eigenvalue weighted by molar-refractivity contribution is 5.56. The van der Waals surface area contributed by atoms with Gasteiger partial charge in [0.1, 0.15) is 11.5 Å². The van der Waals surface area contributed by atoms with Gasteiger partial charge in [0.2, 0.25) is 0 Å². The molecule has 3 rings (SSSR count). The standard InChI is InChI=1S/C17H25N3O/c1-12-8-9-16(21-12)17-15(11-19-20-17)10-18-13(2)14-6-4-3-5-7-14/h8-9,11,13-14,18H,3-7,10H2,1-2H3,(H,19,20)/t13-/m1/s1. The van der Waals surface area contributed by atoms with Crippen LogP contribution in [0.1, 0.15) is 50.4 Å². The fourth-order valence-electron chi connectivity index (χ4n) is 3.30. The van der Waals surface area contributed by atoms with Gasteiger partial charge >= 0.3 is 0 Å². The van der Waals surface area contributed by atoms with Crippen LogP contribution in [0.5, 0.6) is 0 Å². The van der Waals surface area contributed by atoms with Crippen molar-refractivity contribution >= 4 is 0 Å². The van der Waals surface area contributed by atoms with Crippen molar-refractivity contribution in [3.8, 4) is 11.5 Å². The van der Waals surface area contributed by atoms with E-state index in [1.807, 2.05) is 25.3 Å². The van der Waals surface area contributed by atoms with Gasteiger partial charge in [0.05, 0.1) is 6.20 Å². The number of nitrogens with zero attached hydrogens (tertiary/aromatic N) is 1. The first-order valence-corrected chi connectivity index (χ1v) is 8.06. The number of aromatic nitrogens is 2. The molecule has 0 amide bonds. The van der Waals surface area contributed by atoms with Crippen molar-refractivity contribution in [2.24, 2.45) is 5.92 Å². The van der Waals surface area contributed by atoms with Crippen LogP contribution in [0.15, 0.2) is 22.7 Å². The lowest BCUT2D eigenvalue weighted by atomic mass is 9.84. The van der Waals surface area contributed by atoms with Gasteiger partial charge in [0.25, 0.3) is 0 Å². The minimum Gasteiger partial charge on any atom is -0.460 e. The van der Waals surface area contributed by atoms with Gasteiger partial charge in [-0.15, -0.1) is 0 Å². The van der Waals surface area contributed by atoms with Gasteiger partial charge in [0.15, 0.2) is 5.76 Å². The van der Waals surface area contributed by atoms with E-state index >= 15 is 0 Å². The lowest BCUT2D eigenvalue weighted by Gasteiger charge is -2.28. The first-order valence-electron chi connectivity index (χ1n) is 8.06. The zero-order valence-corrected chi connectivity index (χ0v) is 13.0. The molecule has 0 aliphatic heterocycles. The van der Waals surface area contributed by atoms with Crippen LogP contribution in [-0.2, 0) is 6.54 Å². The Labute approximate surface area is 126 Å². The van der Waals surface area contributed by atoms with Crippen LogP contribution in [-0.4, -0.2) is 16.2 Å². The molecule has 1 aliphatic carbocycles. The Hall–Kier alpha value is -1.55. The van der Waals surface area contributed by atoms with Gasteiger partial charge in [-0.25, -0.2) is 0 Å². The van der Waals surface area contributed by atoms with Crippen LogP contribution in [0.4, 0.5) is 0 Å². The topological polar surface area (TPSA) is 53.9 Å². The number of rotatable bonds is 5. The lowest BCUT2D eigenvalue weighted by molar-refractivity contribution is 0.280. The Bertz CT molecular complexity index is 566. The van der Waals surface area contributed by atoms with E-state index in [1.54, 1.807) is 0 Å². The molecule has 0 unspecified atom stereocenters. The van der Waals surface area contributed by atoms with Crippen molar-refractivity contribution in [3.63, 3.8) is 0 Å². The molecule has 114 valence electrons. The SMILES string of the molecule is Cc1ccc(-c2[nH]ncc2CN[C@H](C)C2CCCCC2)o1. The molecule has 4 nitrogen and oxygen atoms in total. The maximum atomic E-state index is 5.69. The first-order chi connectivity index (χ1) is 10.2. The summed E-state index contributed by atoms with van der Waals surface area (Å²) in [7, 11) is 0. The molecule has 1 saturated carbocycles. The molecule has 1 aliphatic rings. The number of H-pyrrole nitrogens is 1. The third kappa shape index (κ3) is 3.38. The quantitative estimate of drug-likeness (QED) is 0.872. The van der Waals surface area contributed by atoms with E-state index in [2.05, 4.69) is 22.4 Å². The van der Waals surface area contributed by atoms with E-state index < -0.39 is 0 Å². The zero-order chi connectivity index (χ0) is 14.7. The molecule has 0 saturated heterocycles. The predicted molar refractivity (Wildman–Crippen MR) is 83.9 cm³/mol. The summed E-state index contributed by atoms with van der Waals surface area (Å²) in [5.41, 5.74) is 2.17. The minimum absolute atomic E-state index is 0.561. The fraction of sp³-hybridized carbons (Fsp3) is 0.588. The Morgan fingerprint density at radius 3 is 2.86 bits per heavy atom. The molecule has 2 heterocycles. The van der Waals surface area contributed by atoms with Crippen LogP contribution in [0.25, 0.3) is 11.5 Å². The van der Waals surface area contributed by atoms with E-state index in [-0.39, 0.29) is 0 Å². The summed E-state index contributed by atoms with van der Waals surface area (Å²) in [6.07, 6.45) is 8.81. The number of hydrogen-bond acceptors (Lipinski definition) is 3. The second kappa shape index (κ2) is 6.48. The third-order valence-corrected chi connectivity index (χ3v) is 4.68. The van der Waals surface area contributed by atoms with Crippen molar-refractivity contribution in [1.29, 1.82) is 0 Å². The molecule has 0 aromatic carbocycles. The summed E-state index contributed by atoms with van der Waals surface area (Å²) < 4.78 is 5.69. The van der Waals surface area contributed by atoms with Crippen LogP contribution in [0.2, 0.25) is 0 Å². The maximum Gasteiger partial charge on any atom is 0.152 e. The highest BCUT2D eigenvalue weighted by Crippen LogP contribution is 2.27. The number of aryl methyl sites for hydroxylation is 1. The molecule has 0 radical (unpaired) electrons. The molecule has 0 bridgehead atoms. The molecule has 21 heavy (non-hydrogen) atoms. The van der Waals surface area contributed by atoms with Crippen LogP contribution in [0, 0.1) is 12.8 Å². The largest absolute Gasteiger partial charge is 0.460 e. The summed E-state index contributed by atoms with van der Waals surface area (Å²) in [6, 6.07) is 4.54. The normalized spacial score (nSPS) is 18.0. The summed E-state index contributed by atoms with van der Waals surface area (Å²) in [6.45, 7) is 5.11. The van der Waals surface area contributed by atoms with Crippen LogP contribution in [0.3, 0.4) is 0 Å². The zero-order valence-electron chi connectivity index (χ0n) is 13.0. The average molecular weight is 287 g/mol. The fourth-order valence-corrected chi connectivity index (χ4v) is 3.30. The second-order valence-electron chi connectivity index (χ2n) is 6.25. The summed E-state index contributed by atoms with van der Waals surface area (Å²) in [4.78, 5) is 0. The Morgan fingerprint density at radius 1 is 1.33 bits per heavy atom. The monoisotopic (exact) mass is 287 g/mol. The molecule has 1 atom stereocenters. The molecule has 0 spiro atoms. The van der Waals surface area contributed by atoms with Crippen molar-refractivity contribution in [2.75, 3.05) is 0 Å². The Kier molecular flexibility index (Phi) is 4.44. The maximum absolute atomic E-state index is 5.69. The van der Waals surface area contributed by atoms with Crippen molar-refractivity contribution in [1.82, 2.24) is 15.5 Å². The van der Waals surface area contributed by atoms with Crippen molar-refractivity contribution in [2.45, 2.75) is 58.5 Å². The summed E-state index contributed by atoms with van der Waals surface area (Å²) in [5.74, 6) is 2.61. The van der Waals surface area contributed by atoms with E-state index in [9.17, 15) is 0 Å². The van der Waals surface area contributed by atoms with Crippen molar-refractivity contribution in [3.05, 3.63) is 29.7 Å². The number of aromatic amines is 1. The van der Waals surface area contributed by atoms with Gasteiger partial charge in [0, 0.05) is 18.2 Å². The van der Waals surface area contributed by atoms with Crippen LogP contribution < -0.4 is 5.32 Å². The van der Waals surface area contributed by atoms with Crippen molar-refractivity contribution < 1.29 is 4.42 Å². The average Bonchev–Trinajstić information content (AvgIpc) is 3.14. The minimum atomic E-state index is 0.561. The van der Waals surface area contributed by atoms with Gasteiger partial charge in [-0.05, 0) is 44.7 Å². The third-order valence-electron chi connectivity index (χ3n) is 4.68. The number of hydrogen-bond donors (Lipinski definition) is 2. The second-order valence-corrected chi connectivity index (χ2v) is 6.25. The molecule has 1 fully saturated rings. The first kappa shape index (κ1) is 14.4. The van der Waals surface area contributed by atoms with E-state index in [0.29, 0.717) is 6.04 Å². The molecule has 2 aromatic heterocycles. The van der Waals surface area contributed by atoms with E-state index in [4.69, 9.17) is 4.42 Å². The summed E-state index contributed by atoms with van der Waals surface area (Å²) >= 11 is 0. The van der Waals surface area contributed by atoms with Gasteiger partial charge < -0.3 is 9.73 Å². The van der Waals surface area contributed by atoms with E-state index in [1.165, 1.54) is 37.7 Å². The van der Waals surface area contributed by atoms with Gasteiger partial charge in [-0.2, -0.15) is 5.10 Å². The van der Waals surface area contributed by atoms with Gasteiger partial charge in [-0.1, -0.05) is 19.3 Å². The highest BCUT2D eigenvalue weighted by atomic mass is 16.3. The van der Waals surface area contributed by atoms with Gasteiger partial charge in [-0.3, -0.25) is 5.10 Å². The van der Waals surface area contributed by atoms with Crippen LogP contribution >= 0.6 is 0 Å². The van der Waals surface area contributed by atoms with E-state index in [0.717, 1.165) is 29.7 Å². The Balaban J connectivity index is 1.62. The lowest BCUT2D eigenvalue weighted by Crippen LogP contribution is -2.34. The smallest absolute Gasteiger partial charge is 0.152 e. The molecular weight excluding hydrogens is 262 g/mol. The Morgan fingerprint density at radius 2 is 2.14 bits per heavy atom.